The second kappa shape index (κ2) is 4.75. The summed E-state index contributed by atoms with van der Waals surface area (Å²) >= 11 is 9.20. The molecule has 0 radical (unpaired) electrons. The smallest absolute Gasteiger partial charge is 0.232 e. The summed E-state index contributed by atoms with van der Waals surface area (Å²) in [5, 5.41) is 3.19. The van der Waals surface area contributed by atoms with Gasteiger partial charge >= 0.3 is 0 Å². The second-order valence-corrected chi connectivity index (χ2v) is 5.16. The van der Waals surface area contributed by atoms with Gasteiger partial charge in [0.2, 0.25) is 11.8 Å². The molecule has 1 aromatic rings. The summed E-state index contributed by atoms with van der Waals surface area (Å²) in [4.78, 5) is 8.38. The van der Waals surface area contributed by atoms with Gasteiger partial charge in [-0.25, -0.2) is 4.98 Å². The summed E-state index contributed by atoms with van der Waals surface area (Å²) in [5.74, 6) is 1.80. The van der Waals surface area contributed by atoms with Crippen molar-refractivity contribution in [1.82, 2.24) is 9.97 Å². The van der Waals surface area contributed by atoms with E-state index in [4.69, 9.17) is 16.3 Å². The van der Waals surface area contributed by atoms with Crippen molar-refractivity contribution >= 4 is 33.5 Å². The van der Waals surface area contributed by atoms with Gasteiger partial charge in [0.1, 0.15) is 0 Å². The third-order valence-corrected chi connectivity index (χ3v) is 3.88. The Hall–Kier alpha value is -0.550. The number of halogens is 2. The monoisotopic (exact) mass is 305 g/mol. The van der Waals surface area contributed by atoms with Crippen molar-refractivity contribution in [3.8, 4) is 5.88 Å². The zero-order valence-electron chi connectivity index (χ0n) is 8.96. The number of methoxy groups -OCH3 is 1. The fraction of sp³-hybridized carbons (Fsp3) is 0.600. The molecule has 0 atom stereocenters. The quantitative estimate of drug-likeness (QED) is 0.850. The zero-order valence-corrected chi connectivity index (χ0v) is 11.3. The van der Waals surface area contributed by atoms with Gasteiger partial charge < -0.3 is 10.1 Å². The van der Waals surface area contributed by atoms with E-state index in [1.54, 1.807) is 13.3 Å². The normalized spacial score (nSPS) is 16.9. The lowest BCUT2D eigenvalue weighted by atomic mass is 10.1. The lowest BCUT2D eigenvalue weighted by Crippen LogP contribution is -2.18. The predicted molar refractivity (Wildman–Crippen MR) is 67.2 cm³/mol. The lowest BCUT2D eigenvalue weighted by molar-refractivity contribution is 0.394. The fourth-order valence-corrected chi connectivity index (χ4v) is 2.10. The fourth-order valence-electron chi connectivity index (χ4n) is 1.38. The van der Waals surface area contributed by atoms with Crippen molar-refractivity contribution < 1.29 is 4.74 Å². The molecule has 4 nitrogen and oxygen atoms in total. The molecular weight excluding hydrogens is 293 g/mol. The molecule has 0 aliphatic heterocycles. The Morgan fingerprint density at radius 2 is 2.38 bits per heavy atom. The highest BCUT2D eigenvalue weighted by Gasteiger charge is 2.41. The maximum atomic E-state index is 5.89. The number of rotatable bonds is 5. The van der Waals surface area contributed by atoms with E-state index in [9.17, 15) is 0 Å². The lowest BCUT2D eigenvalue weighted by Gasteiger charge is -2.12. The highest BCUT2D eigenvalue weighted by Crippen LogP contribution is 2.46. The minimum absolute atomic E-state index is 0.255. The number of hydrogen-bond donors (Lipinski definition) is 1. The van der Waals surface area contributed by atoms with Gasteiger partial charge in [0.05, 0.1) is 17.8 Å². The maximum absolute atomic E-state index is 5.89. The van der Waals surface area contributed by atoms with Gasteiger partial charge in [-0.1, -0.05) is 0 Å². The molecule has 0 aromatic carbocycles. The molecule has 1 aliphatic rings. The van der Waals surface area contributed by atoms with Crippen molar-refractivity contribution in [2.75, 3.05) is 24.9 Å². The third-order valence-electron chi connectivity index (χ3n) is 2.77. The molecule has 0 bridgehead atoms. The topological polar surface area (TPSA) is 47.0 Å². The highest BCUT2D eigenvalue weighted by molar-refractivity contribution is 9.10. The predicted octanol–water partition coefficient (Wildman–Crippen LogP) is 2.68. The Bertz CT molecular complexity index is 384. The number of aromatic nitrogens is 2. The Labute approximate surface area is 108 Å². The van der Waals surface area contributed by atoms with Crippen LogP contribution in [0.1, 0.15) is 12.8 Å². The van der Waals surface area contributed by atoms with E-state index >= 15 is 0 Å². The van der Waals surface area contributed by atoms with Crippen LogP contribution in [-0.4, -0.2) is 29.5 Å². The van der Waals surface area contributed by atoms with E-state index in [2.05, 4.69) is 31.2 Å². The minimum atomic E-state index is 0.255. The Morgan fingerprint density at radius 1 is 1.62 bits per heavy atom. The molecule has 0 saturated heterocycles. The van der Waals surface area contributed by atoms with Crippen LogP contribution in [0.4, 0.5) is 5.95 Å². The van der Waals surface area contributed by atoms with Gasteiger partial charge in [-0.2, -0.15) is 4.98 Å². The van der Waals surface area contributed by atoms with Crippen molar-refractivity contribution in [2.24, 2.45) is 5.41 Å². The zero-order chi connectivity index (χ0) is 11.6. The van der Waals surface area contributed by atoms with Crippen LogP contribution in [-0.2, 0) is 0 Å². The molecule has 6 heteroatoms. The largest absolute Gasteiger partial charge is 0.480 e. The van der Waals surface area contributed by atoms with Crippen molar-refractivity contribution in [2.45, 2.75) is 12.8 Å². The third kappa shape index (κ3) is 2.58. The molecule has 0 spiro atoms. The number of alkyl halides is 1. The van der Waals surface area contributed by atoms with Crippen LogP contribution in [0, 0.1) is 5.41 Å². The van der Waals surface area contributed by atoms with Gasteiger partial charge in [-0.15, -0.1) is 11.6 Å². The van der Waals surface area contributed by atoms with Crippen molar-refractivity contribution in [3.63, 3.8) is 0 Å². The molecule has 1 fully saturated rings. The standard InChI is InChI=1S/C10H13BrClN3O/c1-16-8-7(11)4-13-9(15-8)14-6-10(5-12)2-3-10/h4H,2-3,5-6H2,1H3,(H,13,14,15). The number of ether oxygens (including phenoxy) is 1. The summed E-state index contributed by atoms with van der Waals surface area (Å²) in [5.41, 5.74) is 0.255. The first kappa shape index (κ1) is 11.9. The second-order valence-electron chi connectivity index (χ2n) is 4.04. The van der Waals surface area contributed by atoms with E-state index in [0.717, 1.165) is 11.0 Å². The van der Waals surface area contributed by atoms with Gasteiger partial charge in [-0.05, 0) is 28.8 Å². The van der Waals surface area contributed by atoms with Gasteiger partial charge in [0.15, 0.2) is 0 Å². The van der Waals surface area contributed by atoms with E-state index in [0.29, 0.717) is 17.7 Å². The van der Waals surface area contributed by atoms with Crippen LogP contribution < -0.4 is 10.1 Å². The van der Waals surface area contributed by atoms with E-state index in [1.807, 2.05) is 0 Å². The molecule has 88 valence electrons. The van der Waals surface area contributed by atoms with Crippen LogP contribution in [0.25, 0.3) is 0 Å². The average Bonchev–Trinajstić information content (AvgIpc) is 3.09. The first-order chi connectivity index (χ1) is 7.69. The SMILES string of the molecule is COc1nc(NCC2(CCl)CC2)ncc1Br. The Morgan fingerprint density at radius 3 is 2.94 bits per heavy atom. The van der Waals surface area contributed by atoms with Gasteiger partial charge in [0.25, 0.3) is 0 Å². The first-order valence-corrected chi connectivity index (χ1v) is 6.38. The molecule has 2 rings (SSSR count). The minimum Gasteiger partial charge on any atom is -0.480 e. The Kier molecular flexibility index (Phi) is 3.54. The summed E-state index contributed by atoms with van der Waals surface area (Å²) < 4.78 is 5.84. The summed E-state index contributed by atoms with van der Waals surface area (Å²) in [6.07, 6.45) is 4.03. The molecule has 1 N–H and O–H groups in total. The van der Waals surface area contributed by atoms with E-state index in [1.165, 1.54) is 12.8 Å². The molecule has 1 aliphatic carbocycles. The number of anilines is 1. The summed E-state index contributed by atoms with van der Waals surface area (Å²) in [6, 6.07) is 0. The molecule has 0 unspecified atom stereocenters. The number of nitrogens with zero attached hydrogens (tertiary/aromatic N) is 2. The van der Waals surface area contributed by atoms with Crippen LogP contribution in [0.2, 0.25) is 0 Å². The molecule has 0 amide bonds. The summed E-state index contributed by atoms with van der Waals surface area (Å²) in [7, 11) is 1.58. The number of hydrogen-bond acceptors (Lipinski definition) is 4. The molecule has 1 aromatic heterocycles. The number of nitrogens with one attached hydrogen (secondary N) is 1. The molecule has 16 heavy (non-hydrogen) atoms. The van der Waals surface area contributed by atoms with Crippen molar-refractivity contribution in [1.29, 1.82) is 0 Å². The van der Waals surface area contributed by atoms with Gasteiger partial charge in [0, 0.05) is 17.8 Å². The van der Waals surface area contributed by atoms with Crippen LogP contribution in [0.3, 0.4) is 0 Å². The first-order valence-electron chi connectivity index (χ1n) is 5.05. The maximum Gasteiger partial charge on any atom is 0.232 e. The summed E-state index contributed by atoms with van der Waals surface area (Å²) in [6.45, 7) is 0.821. The van der Waals surface area contributed by atoms with Gasteiger partial charge in [-0.3, -0.25) is 0 Å². The van der Waals surface area contributed by atoms with Crippen LogP contribution in [0.5, 0.6) is 5.88 Å². The molecule has 1 heterocycles. The van der Waals surface area contributed by atoms with Crippen LogP contribution in [0.15, 0.2) is 10.7 Å². The van der Waals surface area contributed by atoms with E-state index < -0.39 is 0 Å². The van der Waals surface area contributed by atoms with Crippen molar-refractivity contribution in [3.05, 3.63) is 10.7 Å². The van der Waals surface area contributed by atoms with E-state index in [-0.39, 0.29) is 5.41 Å². The Balaban J connectivity index is 1.99. The molecular formula is C10H13BrClN3O. The highest BCUT2D eigenvalue weighted by atomic mass is 79.9. The molecule has 1 saturated carbocycles. The average molecular weight is 307 g/mol. The van der Waals surface area contributed by atoms with Crippen LogP contribution >= 0.6 is 27.5 Å².